The number of primary amides is 1. The third-order valence-corrected chi connectivity index (χ3v) is 8.30. The summed E-state index contributed by atoms with van der Waals surface area (Å²) in [7, 11) is -3.70. The van der Waals surface area contributed by atoms with E-state index in [1.54, 1.807) is 39.0 Å². The summed E-state index contributed by atoms with van der Waals surface area (Å²) in [5.74, 6) is -0.734. The average molecular weight is 473 g/mol. The van der Waals surface area contributed by atoms with Gasteiger partial charge in [0.2, 0.25) is 15.9 Å². The largest absolute Gasteiger partial charge is 0.368 e. The lowest BCUT2D eigenvalue weighted by molar-refractivity contribution is -0.122. The summed E-state index contributed by atoms with van der Waals surface area (Å²) < 4.78 is 27.4. The van der Waals surface area contributed by atoms with Crippen molar-refractivity contribution in [3.05, 3.63) is 59.2 Å². The van der Waals surface area contributed by atoms with Crippen LogP contribution in [0.2, 0.25) is 0 Å². The van der Waals surface area contributed by atoms with Crippen molar-refractivity contribution in [2.75, 3.05) is 25.0 Å². The summed E-state index contributed by atoms with van der Waals surface area (Å²) in [4.78, 5) is 27.0. The maximum atomic E-state index is 13.1. The Morgan fingerprint density at radius 3 is 2.52 bits per heavy atom. The van der Waals surface area contributed by atoms with E-state index in [1.165, 1.54) is 10.4 Å². The number of aryl methyl sites for hydroxylation is 1. The molecule has 2 aromatic rings. The number of anilines is 1. The van der Waals surface area contributed by atoms with Crippen LogP contribution in [0.15, 0.2) is 47.4 Å². The van der Waals surface area contributed by atoms with Gasteiger partial charge in [-0.15, -0.1) is 0 Å². The number of sulfonamides is 1. The average Bonchev–Trinajstić information content (AvgIpc) is 3.24. The van der Waals surface area contributed by atoms with Crippen molar-refractivity contribution in [1.29, 1.82) is 0 Å². The molecule has 0 radical (unpaired) electrons. The molecule has 3 N–H and O–H groups in total. The molecular weight excluding hydrogens is 440 g/mol. The lowest BCUT2D eigenvalue weighted by Crippen LogP contribution is -2.39. The van der Waals surface area contributed by atoms with Crippen LogP contribution in [0, 0.1) is 6.92 Å². The number of likely N-dealkylation sites (tertiary alicyclic amines) is 1. The number of hydrogen-bond acceptors (Lipinski definition) is 5. The molecule has 1 aliphatic rings. The van der Waals surface area contributed by atoms with Crippen LogP contribution in [0.4, 0.5) is 5.69 Å². The molecule has 1 atom stereocenters. The van der Waals surface area contributed by atoms with Crippen LogP contribution in [0.25, 0.3) is 0 Å². The first-order valence-corrected chi connectivity index (χ1v) is 12.7. The van der Waals surface area contributed by atoms with Crippen molar-refractivity contribution >= 4 is 27.5 Å². The first-order valence-electron chi connectivity index (χ1n) is 11.2. The van der Waals surface area contributed by atoms with E-state index in [9.17, 15) is 18.0 Å². The fourth-order valence-corrected chi connectivity index (χ4v) is 5.96. The van der Waals surface area contributed by atoms with E-state index in [-0.39, 0.29) is 22.4 Å². The second-order valence-corrected chi connectivity index (χ2v) is 10.1. The Bertz CT molecular complexity index is 1130. The number of nitrogens with zero attached hydrogens (tertiary/aromatic N) is 2. The molecule has 1 saturated heterocycles. The first kappa shape index (κ1) is 24.9. The van der Waals surface area contributed by atoms with Gasteiger partial charge in [-0.1, -0.05) is 38.1 Å². The zero-order chi connectivity index (χ0) is 24.2. The van der Waals surface area contributed by atoms with Crippen molar-refractivity contribution in [2.45, 2.75) is 51.1 Å². The highest BCUT2D eigenvalue weighted by atomic mass is 32.2. The van der Waals surface area contributed by atoms with Crippen LogP contribution in [0.3, 0.4) is 0 Å². The van der Waals surface area contributed by atoms with Gasteiger partial charge in [0, 0.05) is 30.9 Å². The molecular formula is C24H32N4O4S. The molecule has 0 saturated carbocycles. The zero-order valence-corrected chi connectivity index (χ0v) is 20.2. The summed E-state index contributed by atoms with van der Waals surface area (Å²) in [6.45, 7) is 7.24. The highest BCUT2D eigenvalue weighted by Crippen LogP contribution is 2.25. The Balaban J connectivity index is 1.85. The maximum Gasteiger partial charge on any atom is 0.255 e. The predicted octanol–water partition coefficient (Wildman–Crippen LogP) is 2.73. The van der Waals surface area contributed by atoms with Gasteiger partial charge in [0.15, 0.2) is 0 Å². The fourth-order valence-electron chi connectivity index (χ4n) is 4.25. The third kappa shape index (κ3) is 5.43. The molecule has 2 amide bonds. The smallest absolute Gasteiger partial charge is 0.255 e. The summed E-state index contributed by atoms with van der Waals surface area (Å²) in [5.41, 5.74) is 7.87. The Kier molecular flexibility index (Phi) is 7.88. The molecule has 0 aromatic heterocycles. The minimum atomic E-state index is -3.70. The Labute approximate surface area is 195 Å². The summed E-state index contributed by atoms with van der Waals surface area (Å²) >= 11 is 0. The van der Waals surface area contributed by atoms with E-state index in [4.69, 9.17) is 5.73 Å². The van der Waals surface area contributed by atoms with Crippen LogP contribution < -0.4 is 11.1 Å². The monoisotopic (exact) mass is 472 g/mol. The molecule has 178 valence electrons. The molecule has 0 bridgehead atoms. The molecule has 1 heterocycles. The number of para-hydroxylation sites is 1. The van der Waals surface area contributed by atoms with Crippen molar-refractivity contribution in [3.8, 4) is 0 Å². The number of nitrogens with one attached hydrogen (secondary N) is 1. The SMILES string of the molecule is CCN(CC)S(=O)(=O)c1cc(C(=O)Nc2ccccc2CN2CCCC2C(N)=O)ccc1C. The van der Waals surface area contributed by atoms with E-state index < -0.39 is 15.9 Å². The molecule has 9 heteroatoms. The van der Waals surface area contributed by atoms with Gasteiger partial charge < -0.3 is 11.1 Å². The minimum Gasteiger partial charge on any atom is -0.368 e. The van der Waals surface area contributed by atoms with Gasteiger partial charge in [-0.05, 0) is 55.6 Å². The van der Waals surface area contributed by atoms with Crippen molar-refractivity contribution in [3.63, 3.8) is 0 Å². The van der Waals surface area contributed by atoms with Crippen molar-refractivity contribution < 1.29 is 18.0 Å². The Morgan fingerprint density at radius 2 is 1.85 bits per heavy atom. The number of hydrogen-bond donors (Lipinski definition) is 2. The normalized spacial score (nSPS) is 16.8. The molecule has 0 aliphatic carbocycles. The molecule has 0 spiro atoms. The number of benzene rings is 2. The van der Waals surface area contributed by atoms with E-state index in [2.05, 4.69) is 5.32 Å². The Morgan fingerprint density at radius 1 is 1.15 bits per heavy atom. The fraction of sp³-hybridized carbons (Fsp3) is 0.417. The number of amides is 2. The van der Waals surface area contributed by atoms with E-state index in [0.717, 1.165) is 24.9 Å². The first-order chi connectivity index (χ1) is 15.7. The number of carbonyl (C=O) groups is 2. The molecule has 1 fully saturated rings. The van der Waals surface area contributed by atoms with Crippen LogP contribution in [0.1, 0.15) is 48.2 Å². The van der Waals surface area contributed by atoms with E-state index in [0.29, 0.717) is 30.9 Å². The van der Waals surface area contributed by atoms with Crippen LogP contribution >= 0.6 is 0 Å². The second kappa shape index (κ2) is 10.5. The van der Waals surface area contributed by atoms with Gasteiger partial charge in [-0.2, -0.15) is 4.31 Å². The van der Waals surface area contributed by atoms with Crippen LogP contribution in [-0.2, 0) is 21.4 Å². The molecule has 1 unspecified atom stereocenters. The van der Waals surface area contributed by atoms with Gasteiger partial charge in [-0.25, -0.2) is 8.42 Å². The number of rotatable bonds is 9. The summed E-state index contributed by atoms with van der Waals surface area (Å²) in [6.07, 6.45) is 1.63. The van der Waals surface area contributed by atoms with Gasteiger partial charge in [0.25, 0.3) is 5.91 Å². The topological polar surface area (TPSA) is 113 Å². The Hall–Kier alpha value is -2.75. The molecule has 33 heavy (non-hydrogen) atoms. The third-order valence-electron chi connectivity index (χ3n) is 6.10. The molecule has 3 rings (SSSR count). The maximum absolute atomic E-state index is 13.1. The van der Waals surface area contributed by atoms with E-state index in [1.807, 2.05) is 23.1 Å². The quantitative estimate of drug-likeness (QED) is 0.583. The molecule has 2 aromatic carbocycles. The van der Waals surface area contributed by atoms with Gasteiger partial charge in [0.1, 0.15) is 0 Å². The van der Waals surface area contributed by atoms with E-state index >= 15 is 0 Å². The predicted molar refractivity (Wildman–Crippen MR) is 128 cm³/mol. The van der Waals surface area contributed by atoms with Gasteiger partial charge in [0.05, 0.1) is 10.9 Å². The lowest BCUT2D eigenvalue weighted by atomic mass is 10.1. The standard InChI is InChI=1S/C24H32N4O4S/c1-4-28(5-2)33(31,32)22-15-18(13-12-17(22)3)24(30)26-20-10-7-6-9-19(20)16-27-14-8-11-21(27)23(25)29/h6-7,9-10,12-13,15,21H,4-5,8,11,14,16H2,1-3H3,(H2,25,29)(H,26,30). The number of carbonyl (C=O) groups excluding carboxylic acids is 2. The highest BCUT2D eigenvalue weighted by molar-refractivity contribution is 7.89. The van der Waals surface area contributed by atoms with Crippen molar-refractivity contribution in [1.82, 2.24) is 9.21 Å². The highest BCUT2D eigenvalue weighted by Gasteiger charge is 2.29. The summed E-state index contributed by atoms with van der Waals surface area (Å²) in [6, 6.07) is 11.8. The lowest BCUT2D eigenvalue weighted by Gasteiger charge is -2.23. The zero-order valence-electron chi connectivity index (χ0n) is 19.4. The van der Waals surface area contributed by atoms with Gasteiger partial charge >= 0.3 is 0 Å². The van der Waals surface area contributed by atoms with Crippen molar-refractivity contribution in [2.24, 2.45) is 5.73 Å². The van der Waals surface area contributed by atoms with Gasteiger partial charge in [-0.3, -0.25) is 14.5 Å². The molecule has 8 nitrogen and oxygen atoms in total. The summed E-state index contributed by atoms with van der Waals surface area (Å²) in [5, 5.41) is 2.91. The molecule has 1 aliphatic heterocycles. The minimum absolute atomic E-state index is 0.133. The number of nitrogens with two attached hydrogens (primary N) is 1. The van der Waals surface area contributed by atoms with Crippen LogP contribution in [0.5, 0.6) is 0 Å². The second-order valence-electron chi connectivity index (χ2n) is 8.21. The van der Waals surface area contributed by atoms with Crippen LogP contribution in [-0.4, -0.2) is 55.1 Å².